The molecule has 21 heavy (non-hydrogen) atoms. The molecule has 0 aliphatic rings. The standard InChI is InChI=1S/C12H20BrN7S/c1-8(2)14-5-6-20-12(15-17-18-20)21-7-10-11(13)9(3)16-19(10)4/h8,14H,5-7H2,1-4H3. The lowest BCUT2D eigenvalue weighted by Gasteiger charge is -2.08. The predicted molar refractivity (Wildman–Crippen MR) is 86.2 cm³/mol. The van der Waals surface area contributed by atoms with Crippen LogP contribution in [0.5, 0.6) is 0 Å². The molecule has 2 aromatic rings. The first-order valence-electron chi connectivity index (χ1n) is 6.79. The fourth-order valence-corrected chi connectivity index (χ4v) is 3.50. The average Bonchev–Trinajstić information content (AvgIpc) is 2.94. The summed E-state index contributed by atoms with van der Waals surface area (Å²) in [7, 11) is 1.95. The highest BCUT2D eigenvalue weighted by Crippen LogP contribution is 2.27. The van der Waals surface area contributed by atoms with Crippen LogP contribution < -0.4 is 5.32 Å². The summed E-state index contributed by atoms with van der Waals surface area (Å²) >= 11 is 5.19. The van der Waals surface area contributed by atoms with Crippen LogP contribution in [0.15, 0.2) is 9.63 Å². The minimum atomic E-state index is 0.464. The van der Waals surface area contributed by atoms with Crippen LogP contribution in [0.25, 0.3) is 0 Å². The van der Waals surface area contributed by atoms with Crippen molar-refractivity contribution in [1.29, 1.82) is 0 Å². The topological polar surface area (TPSA) is 73.5 Å². The molecule has 0 saturated carbocycles. The molecule has 0 aromatic carbocycles. The Morgan fingerprint density at radius 1 is 1.38 bits per heavy atom. The van der Waals surface area contributed by atoms with Gasteiger partial charge in [0.2, 0.25) is 5.16 Å². The van der Waals surface area contributed by atoms with E-state index in [-0.39, 0.29) is 0 Å². The summed E-state index contributed by atoms with van der Waals surface area (Å²) in [6.45, 7) is 7.85. The van der Waals surface area contributed by atoms with Crippen molar-refractivity contribution in [1.82, 2.24) is 35.3 Å². The summed E-state index contributed by atoms with van der Waals surface area (Å²) in [6.07, 6.45) is 0. The van der Waals surface area contributed by atoms with E-state index in [9.17, 15) is 0 Å². The Hall–Kier alpha value is -0.930. The lowest BCUT2D eigenvalue weighted by Crippen LogP contribution is -2.27. The van der Waals surface area contributed by atoms with Crippen LogP contribution in [0, 0.1) is 6.92 Å². The average molecular weight is 374 g/mol. The molecule has 0 atom stereocenters. The van der Waals surface area contributed by atoms with Crippen molar-refractivity contribution in [2.45, 2.75) is 44.3 Å². The van der Waals surface area contributed by atoms with E-state index in [4.69, 9.17) is 0 Å². The molecule has 7 nitrogen and oxygen atoms in total. The Morgan fingerprint density at radius 3 is 2.76 bits per heavy atom. The van der Waals surface area contributed by atoms with Crippen molar-refractivity contribution < 1.29 is 0 Å². The molecule has 0 spiro atoms. The smallest absolute Gasteiger partial charge is 0.209 e. The van der Waals surface area contributed by atoms with Gasteiger partial charge in [0.1, 0.15) is 0 Å². The van der Waals surface area contributed by atoms with Gasteiger partial charge in [0.25, 0.3) is 0 Å². The maximum absolute atomic E-state index is 4.39. The zero-order valence-corrected chi connectivity index (χ0v) is 15.1. The van der Waals surface area contributed by atoms with Crippen molar-refractivity contribution >= 4 is 27.7 Å². The van der Waals surface area contributed by atoms with Gasteiger partial charge < -0.3 is 5.32 Å². The predicted octanol–water partition coefficient (Wildman–Crippen LogP) is 1.77. The van der Waals surface area contributed by atoms with E-state index >= 15 is 0 Å². The summed E-state index contributed by atoms with van der Waals surface area (Å²) in [5.74, 6) is 0.774. The van der Waals surface area contributed by atoms with Crippen molar-refractivity contribution in [3.05, 3.63) is 15.9 Å². The SMILES string of the molecule is Cc1nn(C)c(CSc2nnnn2CCNC(C)C)c1Br. The van der Waals surface area contributed by atoms with Gasteiger partial charge in [-0.25, -0.2) is 4.68 Å². The summed E-state index contributed by atoms with van der Waals surface area (Å²) in [5, 5.41) is 20.5. The van der Waals surface area contributed by atoms with E-state index in [1.807, 2.05) is 23.3 Å². The number of hydrogen-bond donors (Lipinski definition) is 1. The Kier molecular flexibility index (Phi) is 5.77. The van der Waals surface area contributed by atoms with Crippen LogP contribution in [-0.2, 0) is 19.3 Å². The first kappa shape index (κ1) is 16.4. The van der Waals surface area contributed by atoms with Gasteiger partial charge in [-0.15, -0.1) is 5.10 Å². The van der Waals surface area contributed by atoms with Crippen LogP contribution in [0.1, 0.15) is 25.2 Å². The second-order valence-corrected chi connectivity index (χ2v) is 6.79. The van der Waals surface area contributed by atoms with Crippen LogP contribution in [-0.4, -0.2) is 42.6 Å². The number of thioether (sulfide) groups is 1. The summed E-state index contributed by atoms with van der Waals surface area (Å²) in [5.41, 5.74) is 2.13. The van der Waals surface area contributed by atoms with Crippen LogP contribution in [0.4, 0.5) is 0 Å². The second-order valence-electron chi connectivity index (χ2n) is 5.05. The lowest BCUT2D eigenvalue weighted by atomic mass is 10.4. The Balaban J connectivity index is 1.96. The number of nitrogens with one attached hydrogen (secondary N) is 1. The van der Waals surface area contributed by atoms with Gasteiger partial charge in [-0.1, -0.05) is 25.6 Å². The zero-order chi connectivity index (χ0) is 15.4. The van der Waals surface area contributed by atoms with Gasteiger partial charge in [0.05, 0.1) is 22.4 Å². The van der Waals surface area contributed by atoms with Crippen LogP contribution >= 0.6 is 27.7 Å². The Morgan fingerprint density at radius 2 is 2.14 bits per heavy atom. The normalized spacial score (nSPS) is 11.5. The molecule has 0 aliphatic carbocycles. The number of aryl methyl sites for hydroxylation is 2. The van der Waals surface area contributed by atoms with Crippen molar-refractivity contribution in [3.8, 4) is 0 Å². The van der Waals surface area contributed by atoms with E-state index in [1.54, 1.807) is 11.8 Å². The molecule has 0 amide bonds. The Labute approximate surface area is 137 Å². The van der Waals surface area contributed by atoms with E-state index in [2.05, 4.69) is 55.7 Å². The van der Waals surface area contributed by atoms with Gasteiger partial charge in [0, 0.05) is 25.4 Å². The van der Waals surface area contributed by atoms with Gasteiger partial charge in [-0.05, 0) is 33.3 Å². The van der Waals surface area contributed by atoms with E-state index in [0.717, 1.165) is 39.9 Å². The van der Waals surface area contributed by atoms with Crippen molar-refractivity contribution in [2.24, 2.45) is 7.05 Å². The minimum Gasteiger partial charge on any atom is -0.313 e. The maximum atomic E-state index is 4.39. The number of aromatic nitrogens is 6. The lowest BCUT2D eigenvalue weighted by molar-refractivity contribution is 0.485. The fraction of sp³-hybridized carbons (Fsp3) is 0.667. The molecule has 9 heteroatoms. The number of nitrogens with zero attached hydrogens (tertiary/aromatic N) is 6. The molecule has 2 heterocycles. The highest BCUT2D eigenvalue weighted by molar-refractivity contribution is 9.10. The molecule has 0 bridgehead atoms. The number of hydrogen-bond acceptors (Lipinski definition) is 6. The second kappa shape index (κ2) is 7.37. The third kappa shape index (κ3) is 4.27. The van der Waals surface area contributed by atoms with Gasteiger partial charge in [-0.3, -0.25) is 4.68 Å². The molecule has 2 rings (SSSR count). The highest BCUT2D eigenvalue weighted by atomic mass is 79.9. The van der Waals surface area contributed by atoms with Gasteiger partial charge in [-0.2, -0.15) is 5.10 Å². The summed E-state index contributed by atoms with van der Waals surface area (Å²) < 4.78 is 4.77. The quantitative estimate of drug-likeness (QED) is 0.745. The molecule has 0 fully saturated rings. The van der Waals surface area contributed by atoms with E-state index in [0.29, 0.717) is 6.04 Å². The number of halogens is 1. The molecule has 1 N–H and O–H groups in total. The molecule has 0 unspecified atom stereocenters. The molecule has 2 aromatic heterocycles. The number of tetrazole rings is 1. The maximum Gasteiger partial charge on any atom is 0.209 e. The zero-order valence-electron chi connectivity index (χ0n) is 12.7. The fourth-order valence-electron chi connectivity index (χ4n) is 1.87. The largest absolute Gasteiger partial charge is 0.313 e. The molecular weight excluding hydrogens is 354 g/mol. The minimum absolute atomic E-state index is 0.464. The van der Waals surface area contributed by atoms with Gasteiger partial charge >= 0.3 is 0 Å². The number of rotatable bonds is 7. The first-order chi connectivity index (χ1) is 9.99. The summed E-state index contributed by atoms with van der Waals surface area (Å²) in [6, 6.07) is 0.464. The molecule has 0 radical (unpaired) electrons. The molecule has 116 valence electrons. The van der Waals surface area contributed by atoms with E-state index < -0.39 is 0 Å². The third-order valence-corrected chi connectivity index (χ3v) is 4.97. The third-order valence-electron chi connectivity index (χ3n) is 2.97. The first-order valence-corrected chi connectivity index (χ1v) is 8.57. The van der Waals surface area contributed by atoms with E-state index in [1.165, 1.54) is 0 Å². The molecule has 0 aliphatic heterocycles. The molecular formula is C12H20BrN7S. The van der Waals surface area contributed by atoms with Crippen molar-refractivity contribution in [3.63, 3.8) is 0 Å². The van der Waals surface area contributed by atoms with Gasteiger partial charge in [0.15, 0.2) is 0 Å². The molecule has 0 saturated heterocycles. The van der Waals surface area contributed by atoms with Crippen LogP contribution in [0.2, 0.25) is 0 Å². The Bertz CT molecular complexity index is 592. The van der Waals surface area contributed by atoms with Crippen LogP contribution in [0.3, 0.4) is 0 Å². The highest BCUT2D eigenvalue weighted by Gasteiger charge is 2.13. The monoisotopic (exact) mass is 373 g/mol. The summed E-state index contributed by atoms with van der Waals surface area (Å²) in [4.78, 5) is 0. The van der Waals surface area contributed by atoms with Crippen molar-refractivity contribution in [2.75, 3.05) is 6.54 Å².